The molecular formula is C12H12N2O3S. The van der Waals surface area contributed by atoms with Gasteiger partial charge < -0.3 is 0 Å². The first kappa shape index (κ1) is 11.4. The number of carbonyl (C=O) groups excluding carboxylic acids is 1. The molecule has 0 aliphatic carbocycles. The second kappa shape index (κ2) is 3.91. The van der Waals surface area contributed by atoms with Gasteiger partial charge in [-0.05, 0) is 25.0 Å². The first-order valence-corrected chi connectivity index (χ1v) is 7.48. The van der Waals surface area contributed by atoms with Crippen LogP contribution in [-0.4, -0.2) is 29.8 Å². The number of rotatable bonds is 2. The lowest BCUT2D eigenvalue weighted by atomic mass is 10.2. The van der Waals surface area contributed by atoms with Crippen molar-refractivity contribution < 1.29 is 13.2 Å². The maximum Gasteiger partial charge on any atom is 0.166 e. The molecule has 0 aromatic carbocycles. The maximum absolute atomic E-state index is 12.0. The van der Waals surface area contributed by atoms with Crippen molar-refractivity contribution in [1.82, 2.24) is 9.38 Å². The fraction of sp³-hybridized carbons (Fsp3) is 0.333. The van der Waals surface area contributed by atoms with E-state index in [1.54, 1.807) is 22.7 Å². The zero-order chi connectivity index (χ0) is 12.8. The number of sulfone groups is 1. The summed E-state index contributed by atoms with van der Waals surface area (Å²) < 4.78 is 25.6. The van der Waals surface area contributed by atoms with Crippen LogP contribution in [0.4, 0.5) is 0 Å². The van der Waals surface area contributed by atoms with E-state index >= 15 is 0 Å². The number of hydrogen-bond acceptors (Lipinski definition) is 4. The number of nitrogens with zero attached hydrogens (tertiary/aromatic N) is 2. The van der Waals surface area contributed by atoms with E-state index in [9.17, 15) is 13.2 Å². The fourth-order valence-electron chi connectivity index (χ4n) is 2.50. The van der Waals surface area contributed by atoms with Crippen molar-refractivity contribution in [3.63, 3.8) is 0 Å². The van der Waals surface area contributed by atoms with E-state index in [0.717, 1.165) is 11.8 Å². The van der Waals surface area contributed by atoms with Gasteiger partial charge in [-0.3, -0.25) is 9.20 Å². The van der Waals surface area contributed by atoms with E-state index in [-0.39, 0.29) is 5.75 Å². The third kappa shape index (κ3) is 1.56. The van der Waals surface area contributed by atoms with Gasteiger partial charge in [0.25, 0.3) is 0 Å². The molecule has 94 valence electrons. The number of aldehydes is 1. The van der Waals surface area contributed by atoms with E-state index in [1.807, 2.05) is 6.07 Å². The van der Waals surface area contributed by atoms with Crippen LogP contribution in [0.1, 0.15) is 34.4 Å². The Labute approximate surface area is 104 Å². The molecule has 1 fully saturated rings. The topological polar surface area (TPSA) is 68.5 Å². The molecule has 5 nitrogen and oxygen atoms in total. The Balaban J connectivity index is 2.27. The molecule has 2 aromatic heterocycles. The Morgan fingerprint density at radius 1 is 1.39 bits per heavy atom. The highest BCUT2D eigenvalue weighted by Gasteiger charge is 2.35. The highest BCUT2D eigenvalue weighted by Crippen LogP contribution is 2.34. The highest BCUT2D eigenvalue weighted by molar-refractivity contribution is 7.91. The minimum atomic E-state index is -3.13. The van der Waals surface area contributed by atoms with E-state index in [2.05, 4.69) is 4.98 Å². The first-order chi connectivity index (χ1) is 8.63. The van der Waals surface area contributed by atoms with Crippen LogP contribution in [0.25, 0.3) is 5.52 Å². The molecule has 0 amide bonds. The maximum atomic E-state index is 12.0. The molecule has 0 N–H and O–H groups in total. The zero-order valence-corrected chi connectivity index (χ0v) is 10.4. The van der Waals surface area contributed by atoms with Gasteiger partial charge in [0.05, 0.1) is 23.2 Å². The van der Waals surface area contributed by atoms with Crippen molar-refractivity contribution in [1.29, 1.82) is 0 Å². The molecular weight excluding hydrogens is 252 g/mol. The largest absolute Gasteiger partial charge is 0.296 e. The number of imidazole rings is 1. The lowest BCUT2D eigenvalue weighted by Gasteiger charge is -2.09. The van der Waals surface area contributed by atoms with E-state index in [4.69, 9.17) is 0 Å². The lowest BCUT2D eigenvalue weighted by Crippen LogP contribution is -2.12. The monoisotopic (exact) mass is 264 g/mol. The quantitative estimate of drug-likeness (QED) is 0.769. The normalized spacial score (nSPS) is 22.3. The van der Waals surface area contributed by atoms with Crippen LogP contribution in [0, 0.1) is 0 Å². The van der Waals surface area contributed by atoms with Crippen molar-refractivity contribution in [3.8, 4) is 0 Å². The van der Waals surface area contributed by atoms with E-state index in [1.165, 1.54) is 0 Å². The molecule has 0 saturated carbocycles. The molecule has 3 heterocycles. The van der Waals surface area contributed by atoms with Crippen LogP contribution in [0.5, 0.6) is 0 Å². The van der Waals surface area contributed by atoms with Gasteiger partial charge in [-0.15, -0.1) is 0 Å². The van der Waals surface area contributed by atoms with Crippen LogP contribution < -0.4 is 0 Å². The minimum absolute atomic E-state index is 0.204. The fourth-order valence-corrected chi connectivity index (χ4v) is 4.37. The molecule has 1 atom stereocenters. The first-order valence-electron chi connectivity index (χ1n) is 5.76. The summed E-state index contributed by atoms with van der Waals surface area (Å²) in [7, 11) is -3.13. The summed E-state index contributed by atoms with van der Waals surface area (Å²) in [6.45, 7) is 0. The second-order valence-corrected chi connectivity index (χ2v) is 6.75. The van der Waals surface area contributed by atoms with Gasteiger partial charge in [-0.25, -0.2) is 13.4 Å². The molecule has 1 aliphatic rings. The molecule has 1 saturated heterocycles. The van der Waals surface area contributed by atoms with E-state index in [0.29, 0.717) is 24.4 Å². The Kier molecular flexibility index (Phi) is 2.48. The number of aromatic nitrogens is 2. The Morgan fingerprint density at radius 3 is 2.89 bits per heavy atom. The third-order valence-corrected chi connectivity index (χ3v) is 5.52. The van der Waals surface area contributed by atoms with Gasteiger partial charge in [-0.2, -0.15) is 0 Å². The predicted molar refractivity (Wildman–Crippen MR) is 66.3 cm³/mol. The van der Waals surface area contributed by atoms with Crippen molar-refractivity contribution in [2.24, 2.45) is 0 Å². The number of carbonyl (C=O) groups is 1. The Bertz CT molecular complexity index is 718. The molecule has 0 spiro atoms. The number of fused-ring (bicyclic) bond motifs is 1. The summed E-state index contributed by atoms with van der Waals surface area (Å²) in [6, 6.07) is 5.23. The highest BCUT2D eigenvalue weighted by atomic mass is 32.2. The predicted octanol–water partition coefficient (Wildman–Crippen LogP) is 1.40. The molecule has 0 radical (unpaired) electrons. The average Bonchev–Trinajstić information content (AvgIpc) is 2.91. The standard InChI is InChI=1S/C12H12N2O3S/c15-8-10-4-1-3-9-7-13-12(14(9)10)11-5-2-6-18(11,16)17/h1,3-4,7-8,11H,2,5-6H2. The Morgan fingerprint density at radius 2 is 2.22 bits per heavy atom. The van der Waals surface area contributed by atoms with Gasteiger partial charge in [-0.1, -0.05) is 6.07 Å². The Hall–Kier alpha value is -1.69. The molecule has 1 aliphatic heterocycles. The zero-order valence-electron chi connectivity index (χ0n) is 9.61. The number of hydrogen-bond donors (Lipinski definition) is 0. The van der Waals surface area contributed by atoms with Gasteiger partial charge >= 0.3 is 0 Å². The van der Waals surface area contributed by atoms with Crippen LogP contribution in [0.15, 0.2) is 24.4 Å². The number of pyridine rings is 1. The van der Waals surface area contributed by atoms with Crippen LogP contribution in [0.2, 0.25) is 0 Å². The van der Waals surface area contributed by atoms with Gasteiger partial charge in [0.1, 0.15) is 11.1 Å². The summed E-state index contributed by atoms with van der Waals surface area (Å²) in [5.41, 5.74) is 1.18. The van der Waals surface area contributed by atoms with Crippen LogP contribution >= 0.6 is 0 Å². The van der Waals surface area contributed by atoms with Gasteiger partial charge in [0, 0.05) is 0 Å². The van der Waals surface area contributed by atoms with Crippen molar-refractivity contribution >= 4 is 21.6 Å². The van der Waals surface area contributed by atoms with Crippen LogP contribution in [-0.2, 0) is 9.84 Å². The summed E-state index contributed by atoms with van der Waals surface area (Å²) in [6.07, 6.45) is 3.57. The molecule has 6 heteroatoms. The van der Waals surface area contributed by atoms with Crippen molar-refractivity contribution in [3.05, 3.63) is 35.9 Å². The van der Waals surface area contributed by atoms with Gasteiger partial charge in [0.15, 0.2) is 16.1 Å². The summed E-state index contributed by atoms with van der Waals surface area (Å²) in [5.74, 6) is 0.667. The third-order valence-electron chi connectivity index (χ3n) is 3.35. The summed E-state index contributed by atoms with van der Waals surface area (Å²) in [4.78, 5) is 15.3. The summed E-state index contributed by atoms with van der Waals surface area (Å²) >= 11 is 0. The van der Waals surface area contributed by atoms with Crippen LogP contribution in [0.3, 0.4) is 0 Å². The second-order valence-electron chi connectivity index (χ2n) is 4.44. The SMILES string of the molecule is O=Cc1cccc2cnc(C3CCCS3(=O)=O)n12. The lowest BCUT2D eigenvalue weighted by molar-refractivity contribution is 0.111. The smallest absolute Gasteiger partial charge is 0.166 e. The molecule has 18 heavy (non-hydrogen) atoms. The van der Waals surface area contributed by atoms with Gasteiger partial charge in [0.2, 0.25) is 0 Å². The molecule has 3 rings (SSSR count). The molecule has 2 aromatic rings. The average molecular weight is 264 g/mol. The molecule has 1 unspecified atom stereocenters. The van der Waals surface area contributed by atoms with Crippen molar-refractivity contribution in [2.45, 2.75) is 18.1 Å². The summed E-state index contributed by atoms with van der Waals surface area (Å²) in [5, 5.41) is -0.582. The molecule has 0 bridgehead atoms. The van der Waals surface area contributed by atoms with Crippen molar-refractivity contribution in [2.75, 3.05) is 5.75 Å². The van der Waals surface area contributed by atoms with E-state index < -0.39 is 15.1 Å². The minimum Gasteiger partial charge on any atom is -0.296 e.